The van der Waals surface area contributed by atoms with Crippen molar-refractivity contribution in [3.63, 3.8) is 0 Å². The van der Waals surface area contributed by atoms with Crippen LogP contribution in [-0.2, 0) is 9.84 Å². The van der Waals surface area contributed by atoms with E-state index in [9.17, 15) is 13.2 Å². The van der Waals surface area contributed by atoms with E-state index in [0.717, 1.165) is 0 Å². The highest BCUT2D eigenvalue weighted by Crippen LogP contribution is 2.20. The maximum atomic E-state index is 12.2. The van der Waals surface area contributed by atoms with Crippen LogP contribution in [0.1, 0.15) is 30.1 Å². The van der Waals surface area contributed by atoms with Crippen LogP contribution in [0.15, 0.2) is 30.3 Å². The van der Waals surface area contributed by atoms with Gasteiger partial charge in [0.1, 0.15) is 0 Å². The SMILES string of the molecule is CCS(=O)(=O)C1CCN(C(=O)c2ccccc2)CC1. The number of benzene rings is 1. The van der Waals surface area contributed by atoms with Crippen LogP contribution in [0.4, 0.5) is 0 Å². The molecule has 0 atom stereocenters. The first kappa shape index (κ1) is 14.1. The van der Waals surface area contributed by atoms with Crippen molar-refractivity contribution >= 4 is 15.7 Å². The number of carbonyl (C=O) groups is 1. The highest BCUT2D eigenvalue weighted by molar-refractivity contribution is 7.92. The Kier molecular flexibility index (Phi) is 4.24. The van der Waals surface area contributed by atoms with Crippen molar-refractivity contribution in [3.8, 4) is 0 Å². The molecule has 4 nitrogen and oxygen atoms in total. The van der Waals surface area contributed by atoms with Gasteiger partial charge >= 0.3 is 0 Å². The van der Waals surface area contributed by atoms with Crippen molar-refractivity contribution in [3.05, 3.63) is 35.9 Å². The van der Waals surface area contributed by atoms with Crippen molar-refractivity contribution < 1.29 is 13.2 Å². The lowest BCUT2D eigenvalue weighted by molar-refractivity contribution is 0.0725. The summed E-state index contributed by atoms with van der Waals surface area (Å²) in [5, 5.41) is -0.280. The molecule has 0 aromatic heterocycles. The molecule has 19 heavy (non-hydrogen) atoms. The van der Waals surface area contributed by atoms with E-state index in [1.54, 1.807) is 24.0 Å². The molecule has 0 saturated carbocycles. The van der Waals surface area contributed by atoms with Gasteiger partial charge in [0.25, 0.3) is 5.91 Å². The highest BCUT2D eigenvalue weighted by Gasteiger charge is 2.30. The second-order valence-electron chi connectivity index (χ2n) is 4.81. The molecule has 1 fully saturated rings. The predicted octanol–water partition coefficient (Wildman–Crippen LogP) is 1.73. The van der Waals surface area contributed by atoms with E-state index < -0.39 is 9.84 Å². The average molecular weight is 281 g/mol. The summed E-state index contributed by atoms with van der Waals surface area (Å²) in [6.07, 6.45) is 1.10. The van der Waals surface area contributed by atoms with Gasteiger partial charge in [0.15, 0.2) is 9.84 Å². The molecule has 1 aromatic carbocycles. The first-order valence-electron chi connectivity index (χ1n) is 6.60. The quantitative estimate of drug-likeness (QED) is 0.848. The number of amides is 1. The third-order valence-electron chi connectivity index (χ3n) is 3.66. The Labute approximate surface area is 114 Å². The van der Waals surface area contributed by atoms with Crippen molar-refractivity contribution in [1.29, 1.82) is 0 Å². The molecule has 0 N–H and O–H groups in total. The van der Waals surface area contributed by atoms with Gasteiger partial charge in [-0.05, 0) is 25.0 Å². The molecule has 0 bridgehead atoms. The first-order chi connectivity index (χ1) is 9.04. The van der Waals surface area contributed by atoms with Gasteiger partial charge < -0.3 is 4.90 Å². The number of hydrogen-bond acceptors (Lipinski definition) is 3. The molecule has 1 aliphatic rings. The third kappa shape index (κ3) is 3.15. The molecular weight excluding hydrogens is 262 g/mol. The lowest BCUT2D eigenvalue weighted by Gasteiger charge is -2.31. The zero-order chi connectivity index (χ0) is 13.9. The summed E-state index contributed by atoms with van der Waals surface area (Å²) in [6.45, 7) is 2.73. The fraction of sp³-hybridized carbons (Fsp3) is 0.500. The maximum absolute atomic E-state index is 12.2. The topological polar surface area (TPSA) is 54.5 Å². The Morgan fingerprint density at radius 3 is 2.32 bits per heavy atom. The second-order valence-corrected chi connectivity index (χ2v) is 7.38. The number of rotatable bonds is 3. The van der Waals surface area contributed by atoms with E-state index in [1.807, 2.05) is 18.2 Å². The molecule has 2 rings (SSSR count). The van der Waals surface area contributed by atoms with Gasteiger partial charge in [0, 0.05) is 24.4 Å². The van der Waals surface area contributed by atoms with Crippen molar-refractivity contribution in [2.24, 2.45) is 0 Å². The molecule has 0 radical (unpaired) electrons. The van der Waals surface area contributed by atoms with E-state index in [2.05, 4.69) is 0 Å². The maximum Gasteiger partial charge on any atom is 0.253 e. The van der Waals surface area contributed by atoms with Gasteiger partial charge in [-0.3, -0.25) is 4.79 Å². The summed E-state index contributed by atoms with van der Waals surface area (Å²) in [7, 11) is -2.97. The van der Waals surface area contributed by atoms with Crippen LogP contribution in [0.3, 0.4) is 0 Å². The van der Waals surface area contributed by atoms with Gasteiger partial charge in [-0.2, -0.15) is 0 Å². The Bertz CT molecular complexity index is 531. The van der Waals surface area contributed by atoms with E-state index >= 15 is 0 Å². The normalized spacial score (nSPS) is 17.4. The number of carbonyl (C=O) groups excluding carboxylic acids is 1. The van der Waals surface area contributed by atoms with Crippen molar-refractivity contribution in [2.75, 3.05) is 18.8 Å². The van der Waals surface area contributed by atoms with Crippen molar-refractivity contribution in [2.45, 2.75) is 25.0 Å². The molecular formula is C14H19NO3S. The zero-order valence-electron chi connectivity index (χ0n) is 11.1. The molecule has 1 amide bonds. The number of likely N-dealkylation sites (tertiary alicyclic amines) is 1. The minimum absolute atomic E-state index is 0.00653. The summed E-state index contributed by atoms with van der Waals surface area (Å²) < 4.78 is 23.6. The van der Waals surface area contributed by atoms with E-state index in [-0.39, 0.29) is 16.9 Å². The van der Waals surface area contributed by atoms with Gasteiger partial charge in [-0.25, -0.2) is 8.42 Å². The van der Waals surface area contributed by atoms with Crippen LogP contribution in [0.5, 0.6) is 0 Å². The molecule has 1 aliphatic heterocycles. The summed E-state index contributed by atoms with van der Waals surface area (Å²) in [6, 6.07) is 9.12. The Balaban J connectivity index is 1.99. The van der Waals surface area contributed by atoms with Crippen LogP contribution in [0.25, 0.3) is 0 Å². The molecule has 1 aromatic rings. The smallest absolute Gasteiger partial charge is 0.253 e. The molecule has 1 heterocycles. The molecule has 5 heteroatoms. The Hall–Kier alpha value is -1.36. The Morgan fingerprint density at radius 1 is 1.21 bits per heavy atom. The van der Waals surface area contributed by atoms with Gasteiger partial charge in [-0.15, -0.1) is 0 Å². The van der Waals surface area contributed by atoms with Crippen LogP contribution in [-0.4, -0.2) is 43.3 Å². The largest absolute Gasteiger partial charge is 0.339 e. The molecule has 1 saturated heterocycles. The number of sulfone groups is 1. The van der Waals surface area contributed by atoms with E-state index in [1.165, 1.54) is 0 Å². The fourth-order valence-electron chi connectivity index (χ4n) is 2.42. The summed E-state index contributed by atoms with van der Waals surface area (Å²) in [5.74, 6) is 0.178. The van der Waals surface area contributed by atoms with Crippen LogP contribution in [0.2, 0.25) is 0 Å². The van der Waals surface area contributed by atoms with Crippen molar-refractivity contribution in [1.82, 2.24) is 4.90 Å². The van der Waals surface area contributed by atoms with E-state index in [4.69, 9.17) is 0 Å². The van der Waals surface area contributed by atoms with Crippen LogP contribution < -0.4 is 0 Å². The summed E-state index contributed by atoms with van der Waals surface area (Å²) in [5.41, 5.74) is 0.666. The number of hydrogen-bond donors (Lipinski definition) is 0. The zero-order valence-corrected chi connectivity index (χ0v) is 11.9. The standard InChI is InChI=1S/C14H19NO3S/c1-2-19(17,18)13-8-10-15(11-9-13)14(16)12-6-4-3-5-7-12/h3-7,13H,2,8-11H2,1H3. The fourth-order valence-corrected chi connectivity index (χ4v) is 3.82. The Morgan fingerprint density at radius 2 is 1.79 bits per heavy atom. The minimum atomic E-state index is -2.97. The lowest BCUT2D eigenvalue weighted by Crippen LogP contribution is -2.42. The molecule has 104 valence electrons. The molecule has 0 aliphatic carbocycles. The third-order valence-corrected chi connectivity index (χ3v) is 5.95. The molecule has 0 spiro atoms. The van der Waals surface area contributed by atoms with Crippen LogP contribution >= 0.6 is 0 Å². The average Bonchev–Trinajstić information content (AvgIpc) is 2.47. The lowest BCUT2D eigenvalue weighted by atomic mass is 10.1. The predicted molar refractivity (Wildman–Crippen MR) is 74.8 cm³/mol. The van der Waals surface area contributed by atoms with E-state index in [0.29, 0.717) is 31.5 Å². The monoisotopic (exact) mass is 281 g/mol. The van der Waals surface area contributed by atoms with Gasteiger partial charge in [0.05, 0.1) is 5.25 Å². The number of nitrogens with zero attached hydrogens (tertiary/aromatic N) is 1. The second kappa shape index (κ2) is 5.74. The first-order valence-corrected chi connectivity index (χ1v) is 8.32. The number of piperidine rings is 1. The molecule has 0 unspecified atom stereocenters. The highest BCUT2D eigenvalue weighted by atomic mass is 32.2. The van der Waals surface area contributed by atoms with Gasteiger partial charge in [-0.1, -0.05) is 25.1 Å². The summed E-state index contributed by atoms with van der Waals surface area (Å²) in [4.78, 5) is 13.9. The summed E-state index contributed by atoms with van der Waals surface area (Å²) >= 11 is 0. The minimum Gasteiger partial charge on any atom is -0.339 e. The van der Waals surface area contributed by atoms with Crippen LogP contribution in [0, 0.1) is 0 Å². The van der Waals surface area contributed by atoms with Gasteiger partial charge in [0.2, 0.25) is 0 Å².